The van der Waals surface area contributed by atoms with Gasteiger partial charge in [-0.25, -0.2) is 9.78 Å². The number of aromatic nitrogens is 3. The molecular weight excluding hydrogens is 278 g/mol. The van der Waals surface area contributed by atoms with Crippen molar-refractivity contribution < 1.29 is 9.53 Å². The van der Waals surface area contributed by atoms with Crippen LogP contribution in [0.4, 0.5) is 0 Å². The Labute approximate surface area is 120 Å². The van der Waals surface area contributed by atoms with E-state index in [1.165, 1.54) is 18.5 Å². The van der Waals surface area contributed by atoms with E-state index in [0.717, 1.165) is 5.56 Å². The smallest absolute Gasteiger partial charge is 0.331 e. The molecule has 0 aliphatic heterocycles. The summed E-state index contributed by atoms with van der Waals surface area (Å²) in [4.78, 5) is 15.8. The second-order valence-electron chi connectivity index (χ2n) is 3.81. The highest BCUT2D eigenvalue weighted by Gasteiger charge is 2.11. The van der Waals surface area contributed by atoms with E-state index in [0.29, 0.717) is 16.4 Å². The Morgan fingerprint density at radius 1 is 1.40 bits per heavy atom. The van der Waals surface area contributed by atoms with Gasteiger partial charge in [-0.15, -0.1) is 0 Å². The molecule has 0 saturated carbocycles. The highest BCUT2D eigenvalue weighted by Crippen LogP contribution is 2.22. The fraction of sp³-hybridized carbons (Fsp3) is 0.0714. The molecule has 0 aliphatic rings. The lowest BCUT2D eigenvalue weighted by Gasteiger charge is -2.04. The van der Waals surface area contributed by atoms with Crippen LogP contribution in [0.1, 0.15) is 11.4 Å². The van der Waals surface area contributed by atoms with Crippen LogP contribution in [-0.2, 0) is 9.53 Å². The van der Waals surface area contributed by atoms with Crippen LogP contribution in [0.2, 0.25) is 5.02 Å². The molecule has 0 spiro atoms. The summed E-state index contributed by atoms with van der Waals surface area (Å²) in [6.45, 7) is 3.64. The quantitative estimate of drug-likeness (QED) is 0.522. The fourth-order valence-electron chi connectivity index (χ4n) is 1.55. The van der Waals surface area contributed by atoms with Crippen LogP contribution >= 0.6 is 11.6 Å². The summed E-state index contributed by atoms with van der Waals surface area (Å²) in [6, 6.07) is 7.02. The Kier molecular flexibility index (Phi) is 4.68. The van der Waals surface area contributed by atoms with Crippen LogP contribution < -0.4 is 0 Å². The van der Waals surface area contributed by atoms with E-state index in [4.69, 9.17) is 16.3 Å². The van der Waals surface area contributed by atoms with Crippen molar-refractivity contribution in [3.05, 3.63) is 65.7 Å². The predicted molar refractivity (Wildman–Crippen MR) is 76.1 cm³/mol. The van der Waals surface area contributed by atoms with E-state index in [-0.39, 0.29) is 6.61 Å². The average Bonchev–Trinajstić information content (AvgIpc) is 2.97. The van der Waals surface area contributed by atoms with Crippen LogP contribution in [-0.4, -0.2) is 27.8 Å². The number of nitrogens with zero attached hydrogens (tertiary/aromatic N) is 2. The van der Waals surface area contributed by atoms with Gasteiger partial charge in [0.1, 0.15) is 12.9 Å². The molecule has 0 fully saturated rings. The zero-order chi connectivity index (χ0) is 14.4. The first kappa shape index (κ1) is 14.0. The average molecular weight is 290 g/mol. The summed E-state index contributed by atoms with van der Waals surface area (Å²) in [5.41, 5.74) is 1.32. The molecule has 20 heavy (non-hydrogen) atoms. The molecule has 1 heterocycles. The highest BCUT2D eigenvalue weighted by molar-refractivity contribution is 6.30. The normalized spacial score (nSPS) is 11.2. The number of benzene rings is 1. The first-order chi connectivity index (χ1) is 9.70. The van der Waals surface area contributed by atoms with Gasteiger partial charge in [-0.3, -0.25) is 5.10 Å². The number of carbonyl (C=O) groups excluding carboxylic acids is 1. The van der Waals surface area contributed by atoms with Gasteiger partial charge in [-0.1, -0.05) is 36.4 Å². The van der Waals surface area contributed by atoms with Crippen LogP contribution in [0.25, 0.3) is 5.57 Å². The van der Waals surface area contributed by atoms with Gasteiger partial charge in [-0.2, -0.15) is 5.10 Å². The summed E-state index contributed by atoms with van der Waals surface area (Å²) in [6.07, 6.45) is 4.28. The molecule has 102 valence electrons. The fourth-order valence-corrected chi connectivity index (χ4v) is 1.67. The molecule has 0 bridgehead atoms. The molecule has 1 aromatic carbocycles. The van der Waals surface area contributed by atoms with Crippen molar-refractivity contribution in [2.45, 2.75) is 0 Å². The number of carbonyl (C=O) groups is 1. The lowest BCUT2D eigenvalue weighted by Crippen LogP contribution is -2.03. The van der Waals surface area contributed by atoms with Gasteiger partial charge in [0.2, 0.25) is 0 Å². The zero-order valence-corrected chi connectivity index (χ0v) is 11.3. The molecule has 5 nitrogen and oxygen atoms in total. The Balaban J connectivity index is 2.35. The number of esters is 1. The monoisotopic (exact) mass is 289 g/mol. The SMILES string of the molecule is C=CCOC(=O)/C=C(/c1ccc(Cl)cc1)c1nc[nH]n1. The predicted octanol–water partition coefficient (Wildman–Crippen LogP) is 2.62. The molecule has 0 aliphatic carbocycles. The molecular formula is C14H12ClN3O2. The standard InChI is InChI=1S/C14H12ClN3O2/c1-2-7-20-13(19)8-12(14-16-9-17-18-14)10-3-5-11(15)6-4-10/h2-6,8-9H,1,7H2,(H,16,17,18)/b12-8-. The van der Waals surface area contributed by atoms with Crippen molar-refractivity contribution in [2.24, 2.45) is 0 Å². The van der Waals surface area contributed by atoms with Crippen molar-refractivity contribution in [3.8, 4) is 0 Å². The summed E-state index contributed by atoms with van der Waals surface area (Å²) < 4.78 is 4.94. The molecule has 2 aromatic rings. The third-order valence-electron chi connectivity index (χ3n) is 2.42. The Morgan fingerprint density at radius 2 is 2.15 bits per heavy atom. The van der Waals surface area contributed by atoms with E-state index in [1.54, 1.807) is 24.3 Å². The van der Waals surface area contributed by atoms with Crippen molar-refractivity contribution in [2.75, 3.05) is 6.61 Å². The van der Waals surface area contributed by atoms with Crippen molar-refractivity contribution in [1.82, 2.24) is 15.2 Å². The zero-order valence-electron chi connectivity index (χ0n) is 10.5. The van der Waals surface area contributed by atoms with Crippen molar-refractivity contribution in [1.29, 1.82) is 0 Å². The minimum Gasteiger partial charge on any atom is -0.458 e. The maximum absolute atomic E-state index is 11.7. The Hall–Kier alpha value is -2.40. The number of nitrogens with one attached hydrogen (secondary N) is 1. The van der Waals surface area contributed by atoms with E-state index < -0.39 is 5.97 Å². The molecule has 0 amide bonds. The minimum absolute atomic E-state index is 0.150. The second-order valence-corrected chi connectivity index (χ2v) is 4.24. The summed E-state index contributed by atoms with van der Waals surface area (Å²) >= 11 is 5.86. The van der Waals surface area contributed by atoms with Gasteiger partial charge >= 0.3 is 5.97 Å². The van der Waals surface area contributed by atoms with Gasteiger partial charge in [-0.05, 0) is 17.7 Å². The number of hydrogen-bond acceptors (Lipinski definition) is 4. The molecule has 1 aromatic heterocycles. The number of hydrogen-bond donors (Lipinski definition) is 1. The van der Waals surface area contributed by atoms with Crippen LogP contribution in [0.5, 0.6) is 0 Å². The van der Waals surface area contributed by atoms with Crippen LogP contribution in [0.15, 0.2) is 49.3 Å². The number of halogens is 1. The molecule has 0 atom stereocenters. The topological polar surface area (TPSA) is 67.9 Å². The van der Waals surface area contributed by atoms with Gasteiger partial charge < -0.3 is 4.74 Å². The largest absolute Gasteiger partial charge is 0.458 e. The van der Waals surface area contributed by atoms with Crippen LogP contribution in [0.3, 0.4) is 0 Å². The lowest BCUT2D eigenvalue weighted by atomic mass is 10.1. The second kappa shape index (κ2) is 6.68. The van der Waals surface area contributed by atoms with Gasteiger partial charge in [0.05, 0.1) is 0 Å². The maximum atomic E-state index is 11.7. The Bertz CT molecular complexity index is 618. The number of H-pyrrole nitrogens is 1. The van der Waals surface area contributed by atoms with Crippen molar-refractivity contribution in [3.63, 3.8) is 0 Å². The first-order valence-corrected chi connectivity index (χ1v) is 6.20. The molecule has 0 radical (unpaired) electrons. The van der Waals surface area contributed by atoms with E-state index in [2.05, 4.69) is 21.8 Å². The lowest BCUT2D eigenvalue weighted by molar-refractivity contribution is -0.136. The number of aromatic amines is 1. The van der Waals surface area contributed by atoms with E-state index in [1.807, 2.05) is 0 Å². The highest BCUT2D eigenvalue weighted by atomic mass is 35.5. The third-order valence-corrected chi connectivity index (χ3v) is 2.67. The van der Waals surface area contributed by atoms with Gasteiger partial charge in [0, 0.05) is 16.7 Å². The van der Waals surface area contributed by atoms with Crippen molar-refractivity contribution >= 4 is 23.1 Å². The maximum Gasteiger partial charge on any atom is 0.331 e. The summed E-state index contributed by atoms with van der Waals surface area (Å²) in [5.74, 6) is -0.0810. The number of rotatable bonds is 5. The number of ether oxygens (including phenoxy) is 1. The minimum atomic E-state index is -0.486. The molecule has 0 unspecified atom stereocenters. The molecule has 6 heteroatoms. The third kappa shape index (κ3) is 3.55. The Morgan fingerprint density at radius 3 is 2.75 bits per heavy atom. The molecule has 2 rings (SSSR count). The first-order valence-electron chi connectivity index (χ1n) is 5.82. The van der Waals surface area contributed by atoms with Crippen LogP contribution in [0, 0.1) is 0 Å². The molecule has 0 saturated heterocycles. The summed E-state index contributed by atoms with van der Waals surface area (Å²) in [7, 11) is 0. The summed E-state index contributed by atoms with van der Waals surface area (Å²) in [5, 5.41) is 7.20. The van der Waals surface area contributed by atoms with E-state index in [9.17, 15) is 4.79 Å². The molecule has 1 N–H and O–H groups in total. The van der Waals surface area contributed by atoms with Gasteiger partial charge in [0.25, 0.3) is 0 Å². The van der Waals surface area contributed by atoms with E-state index >= 15 is 0 Å². The van der Waals surface area contributed by atoms with Gasteiger partial charge in [0.15, 0.2) is 5.82 Å².